The molecule has 1 atom stereocenters. The molecule has 0 aliphatic heterocycles. The maximum absolute atomic E-state index is 13.0. The van der Waals surface area contributed by atoms with E-state index in [-0.39, 0.29) is 5.78 Å². The number of carbonyl (C=O) groups excluding carboxylic acids is 1. The molecule has 0 unspecified atom stereocenters. The van der Waals surface area contributed by atoms with Gasteiger partial charge in [-0.15, -0.1) is 0 Å². The summed E-state index contributed by atoms with van der Waals surface area (Å²) in [7, 11) is 0. The van der Waals surface area contributed by atoms with Gasteiger partial charge >= 0.3 is 0 Å². The highest BCUT2D eigenvalue weighted by Crippen LogP contribution is 2.27. The average Bonchev–Trinajstić information content (AvgIpc) is 2.60. The van der Waals surface area contributed by atoms with Gasteiger partial charge in [0.25, 0.3) is 0 Å². The zero-order chi connectivity index (χ0) is 15.6. The molecular formula is C19H17NO2. The number of carbonyl (C=O) groups is 1. The van der Waals surface area contributed by atoms with E-state index in [1.807, 2.05) is 54.6 Å². The van der Waals surface area contributed by atoms with Crippen molar-refractivity contribution in [3.05, 3.63) is 83.9 Å². The molecule has 3 aromatic rings. The van der Waals surface area contributed by atoms with E-state index >= 15 is 0 Å². The Labute approximate surface area is 129 Å². The average molecular weight is 291 g/mol. The van der Waals surface area contributed by atoms with Crippen molar-refractivity contribution in [2.75, 3.05) is 6.61 Å². The zero-order valence-corrected chi connectivity index (χ0v) is 12.1. The summed E-state index contributed by atoms with van der Waals surface area (Å²) in [6, 6.07) is 22.2. The number of rotatable bonds is 4. The van der Waals surface area contributed by atoms with E-state index in [1.54, 1.807) is 18.2 Å². The summed E-state index contributed by atoms with van der Waals surface area (Å²) < 4.78 is 0. The van der Waals surface area contributed by atoms with Crippen molar-refractivity contribution in [3.63, 3.8) is 0 Å². The summed E-state index contributed by atoms with van der Waals surface area (Å²) in [6.07, 6.45) is 0. The number of hydrogen-bond donors (Lipinski definition) is 2. The molecule has 3 heteroatoms. The fourth-order valence-electron chi connectivity index (χ4n) is 2.69. The first-order valence-electron chi connectivity index (χ1n) is 7.14. The van der Waals surface area contributed by atoms with E-state index in [1.165, 1.54) is 0 Å². The second-order valence-corrected chi connectivity index (χ2v) is 5.35. The summed E-state index contributed by atoms with van der Waals surface area (Å²) in [5, 5.41) is 11.6. The molecule has 0 spiro atoms. The molecule has 3 nitrogen and oxygen atoms in total. The first kappa shape index (κ1) is 14.4. The van der Waals surface area contributed by atoms with Crippen LogP contribution in [0.25, 0.3) is 10.8 Å². The largest absolute Gasteiger partial charge is 0.394 e. The summed E-state index contributed by atoms with van der Waals surface area (Å²) in [5.41, 5.74) is 5.98. The number of ketones is 1. The Kier molecular flexibility index (Phi) is 3.75. The first-order chi connectivity index (χ1) is 10.7. The van der Waals surface area contributed by atoms with Gasteiger partial charge in [0, 0.05) is 5.56 Å². The van der Waals surface area contributed by atoms with Gasteiger partial charge in [-0.25, -0.2) is 0 Å². The first-order valence-corrected chi connectivity index (χ1v) is 7.14. The Bertz CT molecular complexity index is 809. The molecule has 22 heavy (non-hydrogen) atoms. The summed E-state index contributed by atoms with van der Waals surface area (Å²) in [4.78, 5) is 13.0. The minimum atomic E-state index is -1.44. The molecule has 0 saturated heterocycles. The molecule has 0 heterocycles. The molecule has 3 N–H and O–H groups in total. The number of benzene rings is 3. The third-order valence-corrected chi connectivity index (χ3v) is 3.98. The maximum atomic E-state index is 13.0. The van der Waals surface area contributed by atoms with Gasteiger partial charge in [-0.2, -0.15) is 0 Å². The number of nitrogens with two attached hydrogens (primary N) is 1. The molecule has 0 aliphatic carbocycles. The van der Waals surface area contributed by atoms with Gasteiger partial charge in [0.05, 0.1) is 6.61 Å². The van der Waals surface area contributed by atoms with Crippen LogP contribution in [-0.2, 0) is 5.54 Å². The van der Waals surface area contributed by atoms with E-state index in [4.69, 9.17) is 5.73 Å². The zero-order valence-electron chi connectivity index (χ0n) is 12.1. The number of fused-ring (bicyclic) bond motifs is 1. The van der Waals surface area contributed by atoms with Crippen LogP contribution in [0.2, 0.25) is 0 Å². The molecule has 110 valence electrons. The Balaban J connectivity index is 2.16. The topological polar surface area (TPSA) is 63.3 Å². The molecule has 0 aliphatic rings. The van der Waals surface area contributed by atoms with Crippen LogP contribution >= 0.6 is 0 Å². The van der Waals surface area contributed by atoms with Crippen molar-refractivity contribution in [1.29, 1.82) is 0 Å². The molecular weight excluding hydrogens is 274 g/mol. The van der Waals surface area contributed by atoms with Gasteiger partial charge in [-0.1, -0.05) is 72.8 Å². The molecule has 0 aromatic heterocycles. The molecule has 0 bridgehead atoms. The van der Waals surface area contributed by atoms with E-state index in [0.29, 0.717) is 11.1 Å². The van der Waals surface area contributed by atoms with Crippen molar-refractivity contribution in [1.82, 2.24) is 0 Å². The fraction of sp³-hybridized carbons (Fsp3) is 0.105. The molecule has 3 aromatic carbocycles. The highest BCUT2D eigenvalue weighted by Gasteiger charge is 2.36. The second-order valence-electron chi connectivity index (χ2n) is 5.35. The molecule has 0 saturated carbocycles. The van der Waals surface area contributed by atoms with Gasteiger partial charge in [-0.05, 0) is 16.3 Å². The predicted molar refractivity (Wildman–Crippen MR) is 87.7 cm³/mol. The van der Waals surface area contributed by atoms with Crippen LogP contribution in [-0.4, -0.2) is 17.5 Å². The van der Waals surface area contributed by atoms with Crippen LogP contribution < -0.4 is 5.73 Å². The Morgan fingerprint density at radius 3 is 2.27 bits per heavy atom. The lowest BCUT2D eigenvalue weighted by atomic mass is 9.83. The van der Waals surface area contributed by atoms with Crippen molar-refractivity contribution >= 4 is 16.6 Å². The third-order valence-electron chi connectivity index (χ3n) is 3.98. The predicted octanol–water partition coefficient (Wildman–Crippen LogP) is 2.87. The van der Waals surface area contributed by atoms with Crippen molar-refractivity contribution in [3.8, 4) is 0 Å². The molecule has 0 amide bonds. The highest BCUT2D eigenvalue weighted by molar-refractivity contribution is 6.12. The van der Waals surface area contributed by atoms with Crippen LogP contribution in [0, 0.1) is 0 Å². The van der Waals surface area contributed by atoms with E-state index in [0.717, 1.165) is 10.8 Å². The summed E-state index contributed by atoms with van der Waals surface area (Å²) in [6.45, 7) is -0.445. The van der Waals surface area contributed by atoms with Crippen LogP contribution in [0.1, 0.15) is 15.9 Å². The van der Waals surface area contributed by atoms with Gasteiger partial charge in [0.2, 0.25) is 0 Å². The lowest BCUT2D eigenvalue weighted by Crippen LogP contribution is -2.48. The van der Waals surface area contributed by atoms with Crippen LogP contribution in [0.5, 0.6) is 0 Å². The molecule has 0 fully saturated rings. The minimum absolute atomic E-state index is 0.280. The number of aliphatic hydroxyl groups excluding tert-OH is 1. The highest BCUT2D eigenvalue weighted by atomic mass is 16.3. The normalized spacial score (nSPS) is 13.7. The van der Waals surface area contributed by atoms with Gasteiger partial charge < -0.3 is 10.8 Å². The number of aliphatic hydroxyl groups is 1. The smallest absolute Gasteiger partial charge is 0.190 e. The van der Waals surface area contributed by atoms with Crippen molar-refractivity contribution < 1.29 is 9.90 Å². The van der Waals surface area contributed by atoms with Crippen LogP contribution in [0.3, 0.4) is 0 Å². The second kappa shape index (κ2) is 5.72. The van der Waals surface area contributed by atoms with Crippen LogP contribution in [0.15, 0.2) is 72.8 Å². The van der Waals surface area contributed by atoms with Gasteiger partial charge in [0.15, 0.2) is 5.78 Å². The van der Waals surface area contributed by atoms with E-state index < -0.39 is 12.1 Å². The molecule has 3 rings (SSSR count). The summed E-state index contributed by atoms with van der Waals surface area (Å²) in [5.74, 6) is -0.280. The quantitative estimate of drug-likeness (QED) is 0.727. The lowest BCUT2D eigenvalue weighted by Gasteiger charge is -2.26. The van der Waals surface area contributed by atoms with Crippen molar-refractivity contribution in [2.45, 2.75) is 5.54 Å². The standard InChI is InChI=1S/C19H17NO2/c20-19(13-21,15-9-2-1-3-10-15)18(22)17-12-6-8-14-7-4-5-11-16(14)17/h1-12,21H,13,20H2/t19-/m1/s1. The van der Waals surface area contributed by atoms with Crippen LogP contribution in [0.4, 0.5) is 0 Å². The summed E-state index contributed by atoms with van der Waals surface area (Å²) >= 11 is 0. The number of Topliss-reactive ketones (excluding diaryl/α,β-unsaturated/α-hetero) is 1. The molecule has 0 radical (unpaired) electrons. The SMILES string of the molecule is N[C@@](CO)(C(=O)c1cccc2ccccc12)c1ccccc1. The Hall–Kier alpha value is -2.49. The third kappa shape index (κ3) is 2.30. The number of hydrogen-bond acceptors (Lipinski definition) is 3. The Morgan fingerprint density at radius 2 is 1.55 bits per heavy atom. The Morgan fingerprint density at radius 1 is 0.909 bits per heavy atom. The van der Waals surface area contributed by atoms with Gasteiger partial charge in [0.1, 0.15) is 5.54 Å². The van der Waals surface area contributed by atoms with Crippen molar-refractivity contribution in [2.24, 2.45) is 5.73 Å². The van der Waals surface area contributed by atoms with E-state index in [9.17, 15) is 9.90 Å². The lowest BCUT2D eigenvalue weighted by molar-refractivity contribution is 0.0808. The fourth-order valence-corrected chi connectivity index (χ4v) is 2.69. The minimum Gasteiger partial charge on any atom is -0.394 e. The monoisotopic (exact) mass is 291 g/mol. The van der Waals surface area contributed by atoms with Gasteiger partial charge in [-0.3, -0.25) is 4.79 Å². The maximum Gasteiger partial charge on any atom is 0.190 e. The van der Waals surface area contributed by atoms with E-state index in [2.05, 4.69) is 0 Å².